The van der Waals surface area contributed by atoms with Gasteiger partial charge >= 0.3 is 0 Å². The van der Waals surface area contributed by atoms with Crippen LogP contribution in [-0.2, 0) is 4.74 Å². The van der Waals surface area contributed by atoms with Gasteiger partial charge in [0.2, 0.25) is 0 Å². The maximum Gasteiger partial charge on any atom is 0.0547 e. The molecule has 4 atom stereocenters. The van der Waals surface area contributed by atoms with Gasteiger partial charge in [-0.15, -0.1) is 0 Å². The fraction of sp³-hybridized carbons (Fsp3) is 1.00. The van der Waals surface area contributed by atoms with Gasteiger partial charge in [0.1, 0.15) is 0 Å². The van der Waals surface area contributed by atoms with Crippen molar-refractivity contribution in [3.63, 3.8) is 0 Å². The van der Waals surface area contributed by atoms with E-state index in [1.54, 1.807) is 0 Å². The second-order valence-corrected chi connectivity index (χ2v) is 7.47. The second-order valence-electron chi connectivity index (χ2n) is 7.47. The van der Waals surface area contributed by atoms with Gasteiger partial charge in [-0.05, 0) is 44.6 Å². The number of rotatable bonds is 6. The van der Waals surface area contributed by atoms with Crippen LogP contribution in [0.1, 0.15) is 47.0 Å². The van der Waals surface area contributed by atoms with Crippen molar-refractivity contribution in [1.82, 2.24) is 10.2 Å². The minimum Gasteiger partial charge on any atom is -0.381 e. The Bertz CT molecular complexity index is 289. The van der Waals surface area contributed by atoms with Crippen molar-refractivity contribution >= 4 is 0 Å². The van der Waals surface area contributed by atoms with Gasteiger partial charge in [-0.3, -0.25) is 4.90 Å². The Hall–Kier alpha value is -0.120. The summed E-state index contributed by atoms with van der Waals surface area (Å²) >= 11 is 0. The molecule has 0 aromatic rings. The average Bonchev–Trinajstić information content (AvgIpc) is 2.84. The Morgan fingerprint density at radius 3 is 2.75 bits per heavy atom. The summed E-state index contributed by atoms with van der Waals surface area (Å²) < 4.78 is 5.75. The van der Waals surface area contributed by atoms with Crippen molar-refractivity contribution in [2.45, 2.75) is 53.0 Å². The minimum absolute atomic E-state index is 0.347. The summed E-state index contributed by atoms with van der Waals surface area (Å²) in [4.78, 5) is 2.74. The Kier molecular flexibility index (Phi) is 5.88. The first-order valence-corrected chi connectivity index (χ1v) is 8.59. The lowest BCUT2D eigenvalue weighted by atomic mass is 9.81. The highest BCUT2D eigenvalue weighted by atomic mass is 16.5. The summed E-state index contributed by atoms with van der Waals surface area (Å²) in [7, 11) is 0. The Morgan fingerprint density at radius 1 is 1.30 bits per heavy atom. The van der Waals surface area contributed by atoms with Crippen molar-refractivity contribution in [3.8, 4) is 0 Å². The van der Waals surface area contributed by atoms with Gasteiger partial charge in [0.15, 0.2) is 0 Å². The van der Waals surface area contributed by atoms with E-state index in [1.165, 1.54) is 32.4 Å². The molecule has 0 radical (unpaired) electrons. The van der Waals surface area contributed by atoms with Gasteiger partial charge in [-0.2, -0.15) is 0 Å². The smallest absolute Gasteiger partial charge is 0.0547 e. The van der Waals surface area contributed by atoms with Gasteiger partial charge in [0.05, 0.1) is 6.61 Å². The first-order chi connectivity index (χ1) is 9.56. The number of hydrogen-bond acceptors (Lipinski definition) is 3. The largest absolute Gasteiger partial charge is 0.381 e. The molecule has 20 heavy (non-hydrogen) atoms. The first-order valence-electron chi connectivity index (χ1n) is 8.59. The lowest BCUT2D eigenvalue weighted by Crippen LogP contribution is -2.52. The Balaban J connectivity index is 1.96. The summed E-state index contributed by atoms with van der Waals surface area (Å²) in [5.41, 5.74) is 0.347. The van der Waals surface area contributed by atoms with E-state index in [0.29, 0.717) is 5.41 Å². The van der Waals surface area contributed by atoms with Crippen LogP contribution < -0.4 is 5.32 Å². The van der Waals surface area contributed by atoms with Crippen LogP contribution in [0, 0.1) is 17.3 Å². The fourth-order valence-electron chi connectivity index (χ4n) is 3.97. The van der Waals surface area contributed by atoms with Gasteiger partial charge in [0, 0.05) is 37.7 Å². The molecule has 0 spiro atoms. The normalized spacial score (nSPS) is 39.3. The molecule has 3 nitrogen and oxygen atoms in total. The maximum absolute atomic E-state index is 5.75. The Labute approximate surface area is 125 Å². The summed E-state index contributed by atoms with van der Waals surface area (Å²) in [5, 5.41) is 3.64. The van der Waals surface area contributed by atoms with E-state index in [-0.39, 0.29) is 0 Å². The highest BCUT2D eigenvalue weighted by Gasteiger charge is 2.39. The van der Waals surface area contributed by atoms with Crippen LogP contribution in [-0.4, -0.2) is 50.3 Å². The predicted octanol–water partition coefficient (Wildman–Crippen LogP) is 2.76. The van der Waals surface area contributed by atoms with E-state index in [4.69, 9.17) is 4.74 Å². The van der Waals surface area contributed by atoms with Crippen molar-refractivity contribution < 1.29 is 4.74 Å². The zero-order valence-corrected chi connectivity index (χ0v) is 14.0. The molecule has 3 heteroatoms. The summed E-state index contributed by atoms with van der Waals surface area (Å²) in [6, 6.07) is 0.717. The van der Waals surface area contributed by atoms with Gasteiger partial charge in [0.25, 0.3) is 0 Å². The zero-order chi connectivity index (χ0) is 14.6. The van der Waals surface area contributed by atoms with Crippen LogP contribution >= 0.6 is 0 Å². The molecular weight excluding hydrogens is 248 g/mol. The fourth-order valence-corrected chi connectivity index (χ4v) is 3.97. The van der Waals surface area contributed by atoms with Crippen LogP contribution in [0.3, 0.4) is 0 Å². The lowest BCUT2D eigenvalue weighted by Gasteiger charge is -2.45. The molecule has 2 aliphatic rings. The molecule has 0 aromatic heterocycles. The molecule has 2 saturated heterocycles. The van der Waals surface area contributed by atoms with Crippen LogP contribution in [0.15, 0.2) is 0 Å². The van der Waals surface area contributed by atoms with Crippen molar-refractivity contribution in [2.24, 2.45) is 17.3 Å². The van der Waals surface area contributed by atoms with E-state index in [2.05, 4.69) is 37.9 Å². The predicted molar refractivity (Wildman–Crippen MR) is 85.0 cm³/mol. The molecule has 2 heterocycles. The molecular formula is C17H34N2O. The molecule has 2 rings (SSSR count). The lowest BCUT2D eigenvalue weighted by molar-refractivity contribution is 0.0299. The molecule has 0 aliphatic carbocycles. The molecule has 0 amide bonds. The molecule has 0 bridgehead atoms. The van der Waals surface area contributed by atoms with Gasteiger partial charge in [-0.1, -0.05) is 20.8 Å². The molecule has 2 aliphatic heterocycles. The highest BCUT2D eigenvalue weighted by Crippen LogP contribution is 2.34. The van der Waals surface area contributed by atoms with Crippen LogP contribution in [0.5, 0.6) is 0 Å². The second kappa shape index (κ2) is 7.24. The Morgan fingerprint density at radius 2 is 2.10 bits per heavy atom. The first kappa shape index (κ1) is 16.3. The maximum atomic E-state index is 5.75. The summed E-state index contributed by atoms with van der Waals surface area (Å²) in [5.74, 6) is 1.66. The van der Waals surface area contributed by atoms with E-state index < -0.39 is 0 Å². The number of likely N-dealkylation sites (tertiary alicyclic amines) is 1. The SMILES string of the molecule is CCCNCC1(CN2CC(C)CC(C)C2C)CCOC1. The third-order valence-corrected chi connectivity index (χ3v) is 5.37. The summed E-state index contributed by atoms with van der Waals surface area (Å²) in [6.45, 7) is 16.1. The van der Waals surface area contributed by atoms with Crippen molar-refractivity contribution in [3.05, 3.63) is 0 Å². The standard InChI is InChI=1S/C17H34N2O/c1-5-7-18-11-17(6-8-20-13-17)12-19-10-14(2)9-15(3)16(19)4/h14-16,18H,5-13H2,1-4H3. The third kappa shape index (κ3) is 3.96. The topological polar surface area (TPSA) is 24.5 Å². The molecule has 2 fully saturated rings. The molecule has 4 unspecified atom stereocenters. The van der Waals surface area contributed by atoms with Crippen LogP contribution in [0.2, 0.25) is 0 Å². The third-order valence-electron chi connectivity index (χ3n) is 5.37. The zero-order valence-electron chi connectivity index (χ0n) is 14.0. The van der Waals surface area contributed by atoms with E-state index in [0.717, 1.165) is 44.2 Å². The number of hydrogen-bond donors (Lipinski definition) is 1. The van der Waals surface area contributed by atoms with Gasteiger partial charge in [-0.25, -0.2) is 0 Å². The minimum atomic E-state index is 0.347. The monoisotopic (exact) mass is 282 g/mol. The number of piperidine rings is 1. The highest BCUT2D eigenvalue weighted by molar-refractivity contribution is 4.92. The van der Waals surface area contributed by atoms with E-state index in [1.807, 2.05) is 0 Å². The molecule has 1 N–H and O–H groups in total. The van der Waals surface area contributed by atoms with Crippen LogP contribution in [0.4, 0.5) is 0 Å². The van der Waals surface area contributed by atoms with E-state index >= 15 is 0 Å². The van der Waals surface area contributed by atoms with E-state index in [9.17, 15) is 0 Å². The summed E-state index contributed by atoms with van der Waals surface area (Å²) in [6.07, 6.45) is 3.82. The average molecular weight is 282 g/mol. The number of ether oxygens (including phenoxy) is 1. The van der Waals surface area contributed by atoms with Gasteiger partial charge < -0.3 is 10.1 Å². The van der Waals surface area contributed by atoms with Crippen molar-refractivity contribution in [1.29, 1.82) is 0 Å². The quantitative estimate of drug-likeness (QED) is 0.758. The number of nitrogens with zero attached hydrogens (tertiary/aromatic N) is 1. The molecule has 0 aromatic carbocycles. The molecule has 118 valence electrons. The number of nitrogens with one attached hydrogen (secondary N) is 1. The molecule has 0 saturated carbocycles. The van der Waals surface area contributed by atoms with Crippen molar-refractivity contribution in [2.75, 3.05) is 39.4 Å². The van der Waals surface area contributed by atoms with Crippen LogP contribution in [0.25, 0.3) is 0 Å².